The van der Waals surface area contributed by atoms with Crippen LogP contribution in [0.2, 0.25) is 0 Å². The lowest BCUT2D eigenvalue weighted by molar-refractivity contribution is 0.0697. The van der Waals surface area contributed by atoms with Gasteiger partial charge in [0.1, 0.15) is 11.4 Å². The molecule has 0 saturated heterocycles. The van der Waals surface area contributed by atoms with Crippen LogP contribution in [-0.4, -0.2) is 22.6 Å². The third kappa shape index (κ3) is 3.42. The number of pyridine rings is 1. The van der Waals surface area contributed by atoms with Crippen LogP contribution in [0.15, 0.2) is 12.3 Å². The molecule has 16 heavy (non-hydrogen) atoms. The molecule has 5 heteroatoms. The average molecular weight is 223 g/mol. The topological polar surface area (TPSA) is 88.2 Å². The van der Waals surface area contributed by atoms with Gasteiger partial charge in [0, 0.05) is 6.54 Å². The summed E-state index contributed by atoms with van der Waals surface area (Å²) in [7, 11) is 0. The second kappa shape index (κ2) is 5.95. The zero-order valence-corrected chi connectivity index (χ0v) is 9.36. The molecular weight excluding hydrogens is 206 g/mol. The number of nitrogens with zero attached hydrogens (tertiary/aromatic N) is 1. The zero-order chi connectivity index (χ0) is 12.0. The van der Waals surface area contributed by atoms with Crippen molar-refractivity contribution in [2.75, 3.05) is 17.6 Å². The van der Waals surface area contributed by atoms with E-state index in [1.165, 1.54) is 12.3 Å². The Morgan fingerprint density at radius 3 is 2.94 bits per heavy atom. The Balaban J connectivity index is 2.67. The average Bonchev–Trinajstić information content (AvgIpc) is 2.26. The maximum Gasteiger partial charge on any atom is 0.339 e. The molecule has 1 rings (SSSR count). The van der Waals surface area contributed by atoms with Gasteiger partial charge in [-0.1, -0.05) is 19.8 Å². The largest absolute Gasteiger partial charge is 0.478 e. The lowest BCUT2D eigenvalue weighted by Crippen LogP contribution is -2.10. The zero-order valence-electron chi connectivity index (χ0n) is 9.36. The SMILES string of the molecule is CCCCCNc1ncc(N)cc1C(=O)O. The fraction of sp³-hybridized carbons (Fsp3) is 0.455. The number of hydrogen-bond acceptors (Lipinski definition) is 4. The van der Waals surface area contributed by atoms with Crippen LogP contribution in [0.25, 0.3) is 0 Å². The molecule has 0 saturated carbocycles. The summed E-state index contributed by atoms with van der Waals surface area (Å²) < 4.78 is 0. The predicted molar refractivity (Wildman–Crippen MR) is 63.6 cm³/mol. The molecule has 0 aliphatic carbocycles. The van der Waals surface area contributed by atoms with Gasteiger partial charge in [0.05, 0.1) is 11.9 Å². The number of carboxylic acid groups (broad SMARTS) is 1. The highest BCUT2D eigenvalue weighted by atomic mass is 16.4. The van der Waals surface area contributed by atoms with Crippen LogP contribution < -0.4 is 11.1 Å². The van der Waals surface area contributed by atoms with Crippen molar-refractivity contribution in [2.45, 2.75) is 26.2 Å². The molecule has 0 unspecified atom stereocenters. The smallest absolute Gasteiger partial charge is 0.339 e. The molecule has 1 aromatic rings. The van der Waals surface area contributed by atoms with Crippen LogP contribution in [0.5, 0.6) is 0 Å². The number of carbonyl (C=O) groups is 1. The maximum absolute atomic E-state index is 10.9. The minimum absolute atomic E-state index is 0.122. The van der Waals surface area contributed by atoms with Gasteiger partial charge in [-0.05, 0) is 12.5 Å². The van der Waals surface area contributed by atoms with Crippen molar-refractivity contribution in [1.82, 2.24) is 4.98 Å². The predicted octanol–water partition coefficient (Wildman–Crippen LogP) is 1.96. The highest BCUT2D eigenvalue weighted by molar-refractivity contribution is 5.94. The third-order valence-electron chi connectivity index (χ3n) is 2.21. The Bertz CT molecular complexity index is 366. The minimum Gasteiger partial charge on any atom is -0.478 e. The van der Waals surface area contributed by atoms with Crippen LogP contribution in [0, 0.1) is 0 Å². The van der Waals surface area contributed by atoms with Gasteiger partial charge >= 0.3 is 5.97 Å². The number of unbranched alkanes of at least 4 members (excludes halogenated alkanes) is 2. The second-order valence-electron chi connectivity index (χ2n) is 3.60. The highest BCUT2D eigenvalue weighted by Crippen LogP contribution is 2.15. The van der Waals surface area contributed by atoms with Crippen LogP contribution in [0.4, 0.5) is 11.5 Å². The van der Waals surface area contributed by atoms with Crippen LogP contribution in [-0.2, 0) is 0 Å². The van der Waals surface area contributed by atoms with Crippen LogP contribution >= 0.6 is 0 Å². The summed E-state index contributed by atoms with van der Waals surface area (Å²) in [5.74, 6) is -0.629. The van der Waals surface area contributed by atoms with Gasteiger partial charge < -0.3 is 16.2 Å². The molecule has 88 valence electrons. The van der Waals surface area contributed by atoms with Gasteiger partial charge in [0.15, 0.2) is 0 Å². The summed E-state index contributed by atoms with van der Waals surface area (Å²) in [6.45, 7) is 2.84. The van der Waals surface area contributed by atoms with Crippen molar-refractivity contribution in [1.29, 1.82) is 0 Å². The summed E-state index contributed by atoms with van der Waals surface area (Å²) in [6.07, 6.45) is 4.70. The number of aromatic carboxylic acids is 1. The number of nitrogens with one attached hydrogen (secondary N) is 1. The fourth-order valence-corrected chi connectivity index (χ4v) is 1.37. The summed E-state index contributed by atoms with van der Waals surface area (Å²) in [5, 5.41) is 12.0. The summed E-state index contributed by atoms with van der Waals surface area (Å²) in [6, 6.07) is 1.41. The minimum atomic E-state index is -1.02. The molecule has 0 fully saturated rings. The number of rotatable bonds is 6. The molecule has 0 atom stereocenters. The second-order valence-corrected chi connectivity index (χ2v) is 3.60. The van der Waals surface area contributed by atoms with E-state index in [2.05, 4.69) is 17.2 Å². The first-order valence-corrected chi connectivity index (χ1v) is 5.37. The van der Waals surface area contributed by atoms with Gasteiger partial charge in [0.2, 0.25) is 0 Å². The summed E-state index contributed by atoms with van der Waals surface area (Å²) in [5.41, 5.74) is 5.97. The lowest BCUT2D eigenvalue weighted by Gasteiger charge is -2.08. The molecule has 0 radical (unpaired) electrons. The Labute approximate surface area is 94.7 Å². The van der Waals surface area contributed by atoms with Gasteiger partial charge in [-0.2, -0.15) is 0 Å². The third-order valence-corrected chi connectivity index (χ3v) is 2.21. The first kappa shape index (κ1) is 12.3. The normalized spacial score (nSPS) is 10.1. The Hall–Kier alpha value is -1.78. The number of nitrogens with two attached hydrogens (primary N) is 1. The van der Waals surface area contributed by atoms with Crippen molar-refractivity contribution >= 4 is 17.5 Å². The molecule has 4 N–H and O–H groups in total. The van der Waals surface area contributed by atoms with Crippen molar-refractivity contribution in [2.24, 2.45) is 0 Å². The molecule has 5 nitrogen and oxygen atoms in total. The molecule has 0 amide bonds. The standard InChI is InChI=1S/C11H17N3O2/c1-2-3-4-5-13-10-9(11(15)16)6-8(12)7-14-10/h6-7H,2-5,12H2,1H3,(H,13,14)(H,15,16). The Morgan fingerprint density at radius 2 is 2.31 bits per heavy atom. The van der Waals surface area contributed by atoms with E-state index in [1.807, 2.05) is 0 Å². The molecule has 0 bridgehead atoms. The Kier molecular flexibility index (Phi) is 4.57. The van der Waals surface area contributed by atoms with E-state index in [-0.39, 0.29) is 5.56 Å². The first-order valence-electron chi connectivity index (χ1n) is 5.37. The molecule has 0 aliphatic rings. The number of hydrogen-bond donors (Lipinski definition) is 3. The molecular formula is C11H17N3O2. The first-order chi connectivity index (χ1) is 7.65. The Morgan fingerprint density at radius 1 is 1.56 bits per heavy atom. The van der Waals surface area contributed by atoms with E-state index in [4.69, 9.17) is 10.8 Å². The van der Waals surface area contributed by atoms with E-state index in [0.717, 1.165) is 25.8 Å². The van der Waals surface area contributed by atoms with E-state index >= 15 is 0 Å². The van der Waals surface area contributed by atoms with E-state index in [0.29, 0.717) is 11.5 Å². The maximum atomic E-state index is 10.9. The fourth-order valence-electron chi connectivity index (χ4n) is 1.37. The molecule has 0 aromatic carbocycles. The molecule has 0 aliphatic heterocycles. The van der Waals surface area contributed by atoms with E-state index in [9.17, 15) is 4.79 Å². The van der Waals surface area contributed by atoms with Gasteiger partial charge in [-0.25, -0.2) is 9.78 Å². The van der Waals surface area contributed by atoms with Crippen LogP contribution in [0.3, 0.4) is 0 Å². The number of nitrogen functional groups attached to an aromatic ring is 1. The summed E-state index contributed by atoms with van der Waals surface area (Å²) in [4.78, 5) is 14.9. The molecule has 1 heterocycles. The van der Waals surface area contributed by atoms with E-state index < -0.39 is 5.97 Å². The number of anilines is 2. The van der Waals surface area contributed by atoms with Gasteiger partial charge in [0.25, 0.3) is 0 Å². The molecule has 1 aromatic heterocycles. The van der Waals surface area contributed by atoms with Crippen molar-refractivity contribution in [3.05, 3.63) is 17.8 Å². The van der Waals surface area contributed by atoms with Gasteiger partial charge in [-0.15, -0.1) is 0 Å². The van der Waals surface area contributed by atoms with Crippen molar-refractivity contribution < 1.29 is 9.90 Å². The van der Waals surface area contributed by atoms with Gasteiger partial charge in [-0.3, -0.25) is 0 Å². The van der Waals surface area contributed by atoms with Crippen molar-refractivity contribution in [3.8, 4) is 0 Å². The monoisotopic (exact) mass is 223 g/mol. The van der Waals surface area contributed by atoms with Crippen LogP contribution in [0.1, 0.15) is 36.5 Å². The highest BCUT2D eigenvalue weighted by Gasteiger charge is 2.11. The number of aromatic nitrogens is 1. The summed E-state index contributed by atoms with van der Waals surface area (Å²) >= 11 is 0. The molecule has 0 spiro atoms. The number of carboxylic acids is 1. The lowest BCUT2D eigenvalue weighted by atomic mass is 10.2. The quantitative estimate of drug-likeness (QED) is 0.641. The van der Waals surface area contributed by atoms with E-state index in [1.54, 1.807) is 0 Å². The van der Waals surface area contributed by atoms with Crippen molar-refractivity contribution in [3.63, 3.8) is 0 Å².